The summed E-state index contributed by atoms with van der Waals surface area (Å²) in [6.45, 7) is 0.0627. The predicted molar refractivity (Wildman–Crippen MR) is 65.7 cm³/mol. The van der Waals surface area contributed by atoms with Crippen LogP contribution in [-0.4, -0.2) is 65.1 Å². The van der Waals surface area contributed by atoms with Crippen LogP contribution in [0.5, 0.6) is 0 Å². The third-order valence-electron chi connectivity index (χ3n) is 3.89. The van der Waals surface area contributed by atoms with Gasteiger partial charge in [0.05, 0.1) is 18.2 Å². The van der Waals surface area contributed by atoms with Gasteiger partial charge < -0.3 is 25.2 Å². The minimum Gasteiger partial charge on any atom is -0.480 e. The van der Waals surface area contributed by atoms with Gasteiger partial charge in [-0.25, -0.2) is 9.59 Å². The molecule has 0 aromatic heterocycles. The van der Waals surface area contributed by atoms with E-state index in [1.807, 2.05) is 0 Å². The summed E-state index contributed by atoms with van der Waals surface area (Å²) in [5, 5.41) is 21.4. The number of carboxylic acid groups (broad SMARTS) is 1. The summed E-state index contributed by atoms with van der Waals surface area (Å²) >= 11 is 0. The molecule has 1 aliphatic heterocycles. The van der Waals surface area contributed by atoms with Gasteiger partial charge in [-0.1, -0.05) is 0 Å². The molecule has 0 aromatic rings. The van der Waals surface area contributed by atoms with E-state index in [-0.39, 0.29) is 25.1 Å². The van der Waals surface area contributed by atoms with E-state index in [2.05, 4.69) is 5.32 Å². The van der Waals surface area contributed by atoms with Crippen LogP contribution in [-0.2, 0) is 9.53 Å². The molecule has 0 radical (unpaired) electrons. The Kier molecular flexibility index (Phi) is 4.26. The summed E-state index contributed by atoms with van der Waals surface area (Å²) in [4.78, 5) is 24.4. The zero-order valence-electron chi connectivity index (χ0n) is 10.9. The fourth-order valence-electron chi connectivity index (χ4n) is 2.89. The number of nitrogens with zero attached hydrogens (tertiary/aromatic N) is 1. The van der Waals surface area contributed by atoms with Crippen molar-refractivity contribution in [1.29, 1.82) is 0 Å². The first-order valence-electron chi connectivity index (χ1n) is 6.53. The fraction of sp³-hybridized carbons (Fsp3) is 0.833. The van der Waals surface area contributed by atoms with Crippen LogP contribution < -0.4 is 5.32 Å². The van der Waals surface area contributed by atoms with Gasteiger partial charge in [0.25, 0.3) is 0 Å². The van der Waals surface area contributed by atoms with Gasteiger partial charge >= 0.3 is 12.0 Å². The molecule has 2 aliphatic rings. The number of amides is 2. The van der Waals surface area contributed by atoms with Crippen LogP contribution in [0.1, 0.15) is 25.7 Å². The number of ether oxygens (including phenoxy) is 1. The monoisotopic (exact) mass is 272 g/mol. The van der Waals surface area contributed by atoms with Gasteiger partial charge in [0.2, 0.25) is 0 Å². The second-order valence-electron chi connectivity index (χ2n) is 5.16. The second-order valence-corrected chi connectivity index (χ2v) is 5.16. The molecular formula is C12H20N2O5. The zero-order chi connectivity index (χ0) is 14.0. The van der Waals surface area contributed by atoms with Crippen molar-refractivity contribution in [2.24, 2.45) is 0 Å². The number of aliphatic hydroxyl groups excluding tert-OH is 1. The molecule has 0 bridgehead atoms. The van der Waals surface area contributed by atoms with E-state index in [1.165, 1.54) is 4.90 Å². The Balaban J connectivity index is 1.97. The summed E-state index contributed by atoms with van der Waals surface area (Å²) < 4.78 is 5.28. The predicted octanol–water partition coefficient (Wildman–Crippen LogP) is -0.217. The number of aliphatic hydroxyl groups is 1. The lowest BCUT2D eigenvalue weighted by Gasteiger charge is -2.26. The highest BCUT2D eigenvalue weighted by Gasteiger charge is 2.40. The molecule has 3 N–H and O–H groups in total. The molecule has 7 nitrogen and oxygen atoms in total. The summed E-state index contributed by atoms with van der Waals surface area (Å²) in [6, 6.07) is -1.46. The Bertz CT molecular complexity index is 362. The van der Waals surface area contributed by atoms with Gasteiger partial charge in [-0.05, 0) is 19.3 Å². The highest BCUT2D eigenvalue weighted by atomic mass is 16.5. The van der Waals surface area contributed by atoms with Crippen LogP contribution in [0.2, 0.25) is 0 Å². The highest BCUT2D eigenvalue weighted by Crippen LogP contribution is 2.23. The van der Waals surface area contributed by atoms with Crippen molar-refractivity contribution in [3.8, 4) is 0 Å². The first-order chi connectivity index (χ1) is 9.02. The van der Waals surface area contributed by atoms with E-state index in [4.69, 9.17) is 9.84 Å². The molecule has 2 rings (SSSR count). The molecule has 0 aromatic carbocycles. The van der Waals surface area contributed by atoms with Crippen molar-refractivity contribution in [2.45, 2.75) is 50.0 Å². The lowest BCUT2D eigenvalue weighted by atomic mass is 10.2. The van der Waals surface area contributed by atoms with E-state index in [0.717, 1.165) is 19.3 Å². The van der Waals surface area contributed by atoms with Crippen LogP contribution in [0.4, 0.5) is 4.79 Å². The third-order valence-corrected chi connectivity index (χ3v) is 3.89. The Morgan fingerprint density at radius 1 is 1.37 bits per heavy atom. The van der Waals surface area contributed by atoms with Gasteiger partial charge in [-0.15, -0.1) is 0 Å². The molecule has 1 aliphatic carbocycles. The van der Waals surface area contributed by atoms with E-state index >= 15 is 0 Å². The zero-order valence-corrected chi connectivity index (χ0v) is 10.9. The van der Waals surface area contributed by atoms with Gasteiger partial charge in [0, 0.05) is 20.1 Å². The van der Waals surface area contributed by atoms with Gasteiger partial charge in [0.15, 0.2) is 0 Å². The molecule has 1 saturated carbocycles. The number of likely N-dealkylation sites (tertiary alicyclic amines) is 1. The molecule has 2 unspecified atom stereocenters. The number of aliphatic carboxylic acids is 1. The smallest absolute Gasteiger partial charge is 0.326 e. The van der Waals surface area contributed by atoms with Crippen molar-refractivity contribution < 1.29 is 24.5 Å². The fourth-order valence-corrected chi connectivity index (χ4v) is 2.89. The van der Waals surface area contributed by atoms with Crippen LogP contribution in [0.25, 0.3) is 0 Å². The number of carboxylic acids is 1. The molecular weight excluding hydrogens is 252 g/mol. The van der Waals surface area contributed by atoms with Crippen molar-refractivity contribution in [2.75, 3.05) is 13.7 Å². The normalized spacial score (nSPS) is 34.5. The number of methoxy groups -OCH3 is 1. The highest BCUT2D eigenvalue weighted by molar-refractivity contribution is 5.83. The second kappa shape index (κ2) is 5.75. The standard InChI is InChI=1S/C12H20N2O5/c1-19-10-4-2-3-8(10)13-12(18)14-6-7(15)5-9(14)11(16)17/h7-10,15H,2-6H2,1H3,(H,13,18)(H,16,17)/t7-,8?,9+,10?/m1/s1. The number of hydrogen-bond donors (Lipinski definition) is 3. The van der Waals surface area contributed by atoms with E-state index in [9.17, 15) is 14.7 Å². The van der Waals surface area contributed by atoms with E-state index < -0.39 is 24.1 Å². The molecule has 2 amide bonds. The molecule has 1 saturated heterocycles. The summed E-state index contributed by atoms with van der Waals surface area (Å²) in [5.41, 5.74) is 0. The minimum absolute atomic E-state index is 0.0141. The van der Waals surface area contributed by atoms with Crippen LogP contribution in [0.15, 0.2) is 0 Å². The molecule has 19 heavy (non-hydrogen) atoms. The Labute approximate surface area is 111 Å². The first-order valence-corrected chi connectivity index (χ1v) is 6.53. The summed E-state index contributed by atoms with van der Waals surface area (Å²) in [7, 11) is 1.61. The number of carbonyl (C=O) groups is 2. The van der Waals surface area contributed by atoms with Crippen LogP contribution in [0.3, 0.4) is 0 Å². The Morgan fingerprint density at radius 2 is 2.11 bits per heavy atom. The van der Waals surface area contributed by atoms with Crippen LogP contribution >= 0.6 is 0 Å². The molecule has 1 heterocycles. The average Bonchev–Trinajstić information content (AvgIpc) is 2.95. The van der Waals surface area contributed by atoms with Crippen molar-refractivity contribution in [3.63, 3.8) is 0 Å². The number of hydrogen-bond acceptors (Lipinski definition) is 4. The van der Waals surface area contributed by atoms with Gasteiger partial charge in [-0.2, -0.15) is 0 Å². The SMILES string of the molecule is COC1CCCC1NC(=O)N1C[C@H](O)C[C@H]1C(=O)O. The third kappa shape index (κ3) is 2.98. The van der Waals surface area contributed by atoms with Crippen molar-refractivity contribution in [3.05, 3.63) is 0 Å². The number of carbonyl (C=O) groups excluding carboxylic acids is 1. The largest absolute Gasteiger partial charge is 0.480 e. The summed E-state index contributed by atoms with van der Waals surface area (Å²) in [6.07, 6.45) is 2.01. The minimum atomic E-state index is -1.08. The quantitative estimate of drug-likeness (QED) is 0.660. The maximum absolute atomic E-state index is 12.1. The van der Waals surface area contributed by atoms with Gasteiger partial charge in [0.1, 0.15) is 6.04 Å². The summed E-state index contributed by atoms with van der Waals surface area (Å²) in [5.74, 6) is -1.08. The molecule has 108 valence electrons. The molecule has 0 spiro atoms. The number of urea groups is 1. The number of nitrogens with one attached hydrogen (secondary N) is 1. The number of β-amino-alcohol motifs (C(OH)–C–C–N with tert-alkyl or cyclic N) is 1. The van der Waals surface area contributed by atoms with Gasteiger partial charge in [-0.3, -0.25) is 0 Å². The molecule has 4 atom stereocenters. The van der Waals surface area contributed by atoms with Crippen molar-refractivity contribution in [1.82, 2.24) is 10.2 Å². The maximum Gasteiger partial charge on any atom is 0.326 e. The lowest BCUT2D eigenvalue weighted by Crippen LogP contribution is -2.51. The Hall–Kier alpha value is -1.34. The first kappa shape index (κ1) is 14.1. The topological polar surface area (TPSA) is 99.1 Å². The van der Waals surface area contributed by atoms with Crippen molar-refractivity contribution >= 4 is 12.0 Å². The van der Waals surface area contributed by atoms with E-state index in [1.54, 1.807) is 7.11 Å². The van der Waals surface area contributed by atoms with Crippen LogP contribution in [0, 0.1) is 0 Å². The average molecular weight is 272 g/mol. The molecule has 7 heteroatoms. The lowest BCUT2D eigenvalue weighted by molar-refractivity contribution is -0.141. The van der Waals surface area contributed by atoms with E-state index in [0.29, 0.717) is 0 Å². The Morgan fingerprint density at radius 3 is 2.74 bits per heavy atom. The molecule has 2 fully saturated rings. The maximum atomic E-state index is 12.1. The number of rotatable bonds is 3.